The van der Waals surface area contributed by atoms with Crippen LogP contribution in [-0.2, 0) is 29.5 Å². The predicted octanol–water partition coefficient (Wildman–Crippen LogP) is 6.05. The number of rotatable bonds is 6. The van der Waals surface area contributed by atoms with Crippen LogP contribution in [-0.4, -0.2) is 59.1 Å². The fourth-order valence-electron chi connectivity index (χ4n) is 8.34. The number of likely N-dealkylation sites (tertiary alicyclic amines) is 1. The molecule has 7 heteroatoms. The van der Waals surface area contributed by atoms with Gasteiger partial charge in [0, 0.05) is 36.2 Å². The molecule has 2 heterocycles. The number of benzene rings is 3. The Kier molecular flexibility index (Phi) is 6.53. The third kappa shape index (κ3) is 4.04. The summed E-state index contributed by atoms with van der Waals surface area (Å²) in [5, 5.41) is 12.0. The second-order valence-corrected chi connectivity index (χ2v) is 12.8. The average Bonchev–Trinajstić information content (AvgIpc) is 3.29. The Bertz CT molecular complexity index is 1460. The number of piperidine rings is 1. The average molecular weight is 578 g/mol. The smallest absolute Gasteiger partial charge is 0.227 e. The van der Waals surface area contributed by atoms with Crippen LogP contribution in [0.2, 0.25) is 10.0 Å². The number of halogens is 2. The maximum absolute atomic E-state index is 13.6. The van der Waals surface area contributed by atoms with Gasteiger partial charge in [-0.15, -0.1) is 0 Å². The van der Waals surface area contributed by atoms with E-state index in [1.807, 2.05) is 24.1 Å². The number of hydrogen-bond acceptors (Lipinski definition) is 4. The molecule has 7 rings (SSSR count). The van der Waals surface area contributed by atoms with Gasteiger partial charge in [0.05, 0.1) is 22.5 Å². The summed E-state index contributed by atoms with van der Waals surface area (Å²) >= 11 is 12.3. The quantitative estimate of drug-likeness (QED) is 0.388. The van der Waals surface area contributed by atoms with Crippen molar-refractivity contribution in [2.24, 2.45) is 5.92 Å². The fraction of sp³-hybridized carbons (Fsp3) is 0.424. The number of phenols is 1. The molecule has 0 aromatic heterocycles. The zero-order chi connectivity index (χ0) is 27.6. The van der Waals surface area contributed by atoms with Crippen molar-refractivity contribution >= 4 is 29.1 Å². The first kappa shape index (κ1) is 26.2. The zero-order valence-electron chi connectivity index (χ0n) is 22.7. The lowest BCUT2D eigenvalue weighted by Crippen LogP contribution is -2.69. The number of carbonyl (C=O) groups is 1. The molecule has 2 fully saturated rings. The van der Waals surface area contributed by atoms with Crippen molar-refractivity contribution in [2.45, 2.75) is 62.1 Å². The summed E-state index contributed by atoms with van der Waals surface area (Å²) in [4.78, 5) is 18.1. The van der Waals surface area contributed by atoms with Gasteiger partial charge in [0.25, 0.3) is 0 Å². The van der Waals surface area contributed by atoms with E-state index in [-0.39, 0.29) is 29.9 Å². The van der Waals surface area contributed by atoms with E-state index in [0.717, 1.165) is 62.1 Å². The Morgan fingerprint density at radius 3 is 2.70 bits per heavy atom. The molecule has 1 spiro atoms. The Labute approximate surface area is 245 Å². The highest BCUT2D eigenvalue weighted by atomic mass is 35.5. The van der Waals surface area contributed by atoms with E-state index >= 15 is 0 Å². The Hall–Kier alpha value is -2.73. The molecule has 0 unspecified atom stereocenters. The predicted molar refractivity (Wildman–Crippen MR) is 157 cm³/mol. The van der Waals surface area contributed by atoms with E-state index in [9.17, 15) is 9.90 Å². The minimum absolute atomic E-state index is 0.0384. The lowest BCUT2D eigenvalue weighted by molar-refractivity contribution is -0.139. The molecular formula is C33H34Cl2N2O3. The molecule has 1 N–H and O–H groups in total. The normalized spacial score (nSPS) is 28.1. The molecule has 3 aromatic carbocycles. The molecule has 2 aliphatic heterocycles. The summed E-state index contributed by atoms with van der Waals surface area (Å²) in [6, 6.07) is 20.1. The molecule has 1 saturated carbocycles. The van der Waals surface area contributed by atoms with E-state index < -0.39 is 0 Å². The largest absolute Gasteiger partial charge is 0.508 e. The fourth-order valence-corrected chi connectivity index (χ4v) is 8.66. The highest BCUT2D eigenvalue weighted by molar-refractivity contribution is 6.42. The molecule has 1 amide bonds. The molecule has 3 aromatic rings. The van der Waals surface area contributed by atoms with Gasteiger partial charge in [-0.05, 0) is 80.0 Å². The number of hydrogen-bond donors (Lipinski definition) is 1. The third-order valence-electron chi connectivity index (χ3n) is 10.2. The van der Waals surface area contributed by atoms with Crippen molar-refractivity contribution in [3.05, 3.63) is 93.0 Å². The Morgan fingerprint density at radius 1 is 1.07 bits per heavy atom. The molecule has 2 bridgehead atoms. The summed E-state index contributed by atoms with van der Waals surface area (Å²) in [5.41, 5.74) is 4.30. The van der Waals surface area contributed by atoms with Crippen LogP contribution in [0.5, 0.6) is 11.5 Å². The van der Waals surface area contributed by atoms with Gasteiger partial charge >= 0.3 is 0 Å². The lowest BCUT2D eigenvalue weighted by atomic mass is 9.51. The molecule has 40 heavy (non-hydrogen) atoms. The number of amides is 1. The van der Waals surface area contributed by atoms with Crippen LogP contribution in [0.1, 0.15) is 41.5 Å². The van der Waals surface area contributed by atoms with Crippen molar-refractivity contribution in [2.75, 3.05) is 20.1 Å². The van der Waals surface area contributed by atoms with Crippen LogP contribution >= 0.6 is 23.2 Å². The highest BCUT2D eigenvalue weighted by Crippen LogP contribution is 2.63. The first-order valence-corrected chi connectivity index (χ1v) is 15.1. The van der Waals surface area contributed by atoms with Gasteiger partial charge in [0.1, 0.15) is 17.6 Å². The minimum Gasteiger partial charge on any atom is -0.508 e. The highest BCUT2D eigenvalue weighted by Gasteiger charge is 2.66. The molecule has 1 saturated heterocycles. The van der Waals surface area contributed by atoms with Gasteiger partial charge in [-0.2, -0.15) is 0 Å². The maximum atomic E-state index is 13.6. The van der Waals surface area contributed by atoms with Crippen molar-refractivity contribution in [3.8, 4) is 11.5 Å². The minimum atomic E-state index is -0.184. The number of likely N-dealkylation sites (N-methyl/N-ethyl adjacent to an activating group) is 1. The van der Waals surface area contributed by atoms with Crippen LogP contribution in [0, 0.1) is 5.92 Å². The van der Waals surface area contributed by atoms with Crippen molar-refractivity contribution < 1.29 is 14.6 Å². The van der Waals surface area contributed by atoms with Crippen LogP contribution in [0.25, 0.3) is 0 Å². The van der Waals surface area contributed by atoms with Gasteiger partial charge in [0.15, 0.2) is 0 Å². The number of phenolic OH excluding ortho intramolecular Hbond substituents is 1. The van der Waals surface area contributed by atoms with Crippen molar-refractivity contribution in [1.29, 1.82) is 0 Å². The molecular weight excluding hydrogens is 543 g/mol. The monoisotopic (exact) mass is 576 g/mol. The molecule has 0 radical (unpaired) electrons. The van der Waals surface area contributed by atoms with E-state index in [1.165, 1.54) is 11.1 Å². The van der Waals surface area contributed by atoms with Crippen molar-refractivity contribution in [3.63, 3.8) is 0 Å². The van der Waals surface area contributed by atoms with Crippen LogP contribution in [0.3, 0.4) is 0 Å². The van der Waals surface area contributed by atoms with E-state index in [2.05, 4.69) is 35.2 Å². The summed E-state index contributed by atoms with van der Waals surface area (Å²) in [6.45, 7) is 2.00. The second-order valence-electron chi connectivity index (χ2n) is 12.0. The molecule has 4 aliphatic rings. The molecule has 5 atom stereocenters. The Balaban J connectivity index is 1.18. The van der Waals surface area contributed by atoms with E-state index in [0.29, 0.717) is 27.8 Å². The summed E-state index contributed by atoms with van der Waals surface area (Å²) in [7, 11) is 1.92. The second kappa shape index (κ2) is 9.97. The van der Waals surface area contributed by atoms with Gasteiger partial charge in [0.2, 0.25) is 5.91 Å². The number of nitrogens with zero attached hydrogens (tertiary/aromatic N) is 2. The van der Waals surface area contributed by atoms with E-state index in [4.69, 9.17) is 27.9 Å². The van der Waals surface area contributed by atoms with Crippen LogP contribution in [0.4, 0.5) is 0 Å². The van der Waals surface area contributed by atoms with Gasteiger partial charge < -0.3 is 14.7 Å². The standard InChI is InChI=1S/C33H34Cl2N2O3/c1-36(30(39)18-21-7-9-24(34)25(35)17-21)26-10-8-23-27-19-22-28(38)11-12-29-31(22)33(23,32(26)40-29)14-16-37(27)15-13-20-5-3-2-4-6-20/h2-7,9,11-12,17,23,26-27,32,38H,8,10,13-16,18-19H2,1H3/t23-,26+,27+,32-,33-/m0/s1. The van der Waals surface area contributed by atoms with Gasteiger partial charge in [-0.3, -0.25) is 9.69 Å². The maximum Gasteiger partial charge on any atom is 0.227 e. The van der Waals surface area contributed by atoms with E-state index in [1.54, 1.807) is 18.2 Å². The Morgan fingerprint density at radius 2 is 1.90 bits per heavy atom. The molecule has 208 valence electrons. The van der Waals surface area contributed by atoms with Gasteiger partial charge in [-0.25, -0.2) is 0 Å². The summed E-state index contributed by atoms with van der Waals surface area (Å²) < 4.78 is 6.81. The SMILES string of the molecule is CN(C(=O)Cc1ccc(Cl)c(Cl)c1)[C@@H]1CC[C@H]2[C@H]3Cc4c(O)ccc5c4[C@@]2(CCN3CCc2ccccc2)[C@H]1O5. The van der Waals surface area contributed by atoms with Gasteiger partial charge in [-0.1, -0.05) is 59.6 Å². The molecule has 5 nitrogen and oxygen atoms in total. The number of carbonyl (C=O) groups excluding carboxylic acids is 1. The first-order valence-electron chi connectivity index (χ1n) is 14.4. The third-order valence-corrected chi connectivity index (χ3v) is 10.9. The lowest BCUT2D eigenvalue weighted by Gasteiger charge is -2.60. The number of ether oxygens (including phenoxy) is 1. The van der Waals surface area contributed by atoms with Crippen LogP contribution < -0.4 is 4.74 Å². The van der Waals surface area contributed by atoms with Crippen LogP contribution in [0.15, 0.2) is 60.7 Å². The summed E-state index contributed by atoms with van der Waals surface area (Å²) in [6.07, 6.45) is 4.93. The summed E-state index contributed by atoms with van der Waals surface area (Å²) in [5.74, 6) is 1.76. The first-order chi connectivity index (χ1) is 19.4. The topological polar surface area (TPSA) is 53.0 Å². The van der Waals surface area contributed by atoms with Crippen molar-refractivity contribution in [1.82, 2.24) is 9.80 Å². The zero-order valence-corrected chi connectivity index (χ0v) is 24.2. The molecule has 2 aliphatic carbocycles. The number of aromatic hydroxyl groups is 1.